The summed E-state index contributed by atoms with van der Waals surface area (Å²) in [5.41, 5.74) is -0.274. The van der Waals surface area contributed by atoms with Crippen LogP contribution in [0.4, 0.5) is 8.78 Å². The lowest BCUT2D eigenvalue weighted by molar-refractivity contribution is 0.0782. The molecule has 0 aliphatic heterocycles. The molecule has 0 radical (unpaired) electrons. The van der Waals surface area contributed by atoms with Crippen molar-refractivity contribution >= 4 is 11.6 Å². The zero-order valence-electron chi connectivity index (χ0n) is 9.43. The van der Waals surface area contributed by atoms with Crippen LogP contribution in [-0.4, -0.2) is 5.11 Å². The van der Waals surface area contributed by atoms with Crippen molar-refractivity contribution in [2.24, 2.45) is 5.92 Å². The maximum Gasteiger partial charge on any atom is 0.150 e. The Balaban J connectivity index is 2.29. The quantitative estimate of drug-likeness (QED) is 0.789. The van der Waals surface area contributed by atoms with Gasteiger partial charge in [0.15, 0.2) is 5.82 Å². The summed E-state index contributed by atoms with van der Waals surface area (Å²) in [7, 11) is 0. The molecule has 1 atom stereocenters. The molecule has 94 valence electrons. The number of halogens is 3. The van der Waals surface area contributed by atoms with E-state index in [0.717, 1.165) is 38.2 Å². The van der Waals surface area contributed by atoms with E-state index < -0.39 is 17.7 Å². The molecule has 1 aromatic rings. The fourth-order valence-corrected chi connectivity index (χ4v) is 2.66. The van der Waals surface area contributed by atoms with Crippen LogP contribution >= 0.6 is 11.6 Å². The molecule has 1 N–H and O–H groups in total. The molecule has 1 nitrogen and oxygen atoms in total. The van der Waals surface area contributed by atoms with Crippen LogP contribution in [0.15, 0.2) is 12.1 Å². The third kappa shape index (κ3) is 2.61. The van der Waals surface area contributed by atoms with Gasteiger partial charge in [0.2, 0.25) is 0 Å². The summed E-state index contributed by atoms with van der Waals surface area (Å²) in [5.74, 6) is -1.61. The van der Waals surface area contributed by atoms with Gasteiger partial charge in [-0.15, -0.1) is 0 Å². The Morgan fingerprint density at radius 2 is 1.82 bits per heavy atom. The second kappa shape index (κ2) is 5.32. The Hall–Kier alpha value is -0.670. The highest BCUT2D eigenvalue weighted by atomic mass is 35.5. The van der Waals surface area contributed by atoms with Gasteiger partial charge < -0.3 is 5.11 Å². The van der Waals surface area contributed by atoms with Crippen molar-refractivity contribution in [2.75, 3.05) is 0 Å². The molecule has 4 heteroatoms. The van der Waals surface area contributed by atoms with Crippen LogP contribution < -0.4 is 0 Å². The predicted octanol–water partition coefficient (Wildman–Crippen LogP) is 4.23. The van der Waals surface area contributed by atoms with E-state index in [1.807, 2.05) is 0 Å². The Kier molecular flexibility index (Phi) is 4.00. The maximum absolute atomic E-state index is 13.7. The average Bonchev–Trinajstić information content (AvgIpc) is 2.35. The van der Waals surface area contributed by atoms with E-state index in [4.69, 9.17) is 11.6 Å². The lowest BCUT2D eigenvalue weighted by Crippen LogP contribution is -2.18. The molecule has 17 heavy (non-hydrogen) atoms. The van der Waals surface area contributed by atoms with Crippen molar-refractivity contribution in [1.29, 1.82) is 0 Å². The average molecular weight is 261 g/mol. The van der Waals surface area contributed by atoms with Gasteiger partial charge >= 0.3 is 0 Å². The number of aliphatic hydroxyl groups excluding tert-OH is 1. The molecule has 1 unspecified atom stereocenters. The second-order valence-electron chi connectivity index (χ2n) is 4.60. The zero-order valence-corrected chi connectivity index (χ0v) is 10.2. The van der Waals surface area contributed by atoms with E-state index in [2.05, 4.69) is 0 Å². The lowest BCUT2D eigenvalue weighted by Gasteiger charge is -2.27. The van der Waals surface area contributed by atoms with Crippen LogP contribution in [0.5, 0.6) is 0 Å². The minimum Gasteiger partial charge on any atom is -0.388 e. The fourth-order valence-electron chi connectivity index (χ4n) is 2.50. The molecule has 0 spiro atoms. The number of aliphatic hydroxyl groups is 1. The topological polar surface area (TPSA) is 20.2 Å². The van der Waals surface area contributed by atoms with E-state index in [1.165, 1.54) is 6.07 Å². The van der Waals surface area contributed by atoms with Crippen LogP contribution in [0.25, 0.3) is 0 Å². The van der Waals surface area contributed by atoms with Crippen molar-refractivity contribution in [3.05, 3.63) is 34.4 Å². The molecular weight excluding hydrogens is 246 g/mol. The molecule has 2 rings (SSSR count). The highest BCUT2D eigenvalue weighted by Crippen LogP contribution is 2.37. The van der Waals surface area contributed by atoms with E-state index in [9.17, 15) is 13.9 Å². The van der Waals surface area contributed by atoms with Gasteiger partial charge in [-0.3, -0.25) is 0 Å². The first-order valence-corrected chi connectivity index (χ1v) is 6.30. The Morgan fingerprint density at radius 1 is 1.18 bits per heavy atom. The standard InChI is InChI=1S/C13H15ClF2O/c14-9-6-7-10(15)11(12(9)16)13(17)8-4-2-1-3-5-8/h6-8,13,17H,1-5H2. The van der Waals surface area contributed by atoms with Crippen LogP contribution in [-0.2, 0) is 0 Å². The molecule has 0 saturated heterocycles. The Bertz CT molecular complexity index is 403. The van der Waals surface area contributed by atoms with Crippen LogP contribution in [0, 0.1) is 17.6 Å². The van der Waals surface area contributed by atoms with Crippen LogP contribution in [0.2, 0.25) is 5.02 Å². The third-order valence-electron chi connectivity index (χ3n) is 3.47. The SMILES string of the molecule is OC(c1c(F)ccc(Cl)c1F)C1CCCCC1. The molecular formula is C13H15ClF2O. The van der Waals surface area contributed by atoms with Crippen LogP contribution in [0.1, 0.15) is 43.8 Å². The van der Waals surface area contributed by atoms with E-state index in [1.54, 1.807) is 0 Å². The summed E-state index contributed by atoms with van der Waals surface area (Å²) >= 11 is 5.62. The minimum absolute atomic E-state index is 0.0637. The molecule has 0 amide bonds. The molecule has 0 aromatic heterocycles. The third-order valence-corrected chi connectivity index (χ3v) is 3.76. The van der Waals surface area contributed by atoms with Crippen molar-refractivity contribution in [2.45, 2.75) is 38.2 Å². The van der Waals surface area contributed by atoms with Crippen LogP contribution in [0.3, 0.4) is 0 Å². The highest BCUT2D eigenvalue weighted by molar-refractivity contribution is 6.30. The molecule has 0 heterocycles. The molecule has 1 aliphatic rings. The molecule has 0 bridgehead atoms. The molecule has 1 aromatic carbocycles. The number of hydrogen-bond donors (Lipinski definition) is 1. The maximum atomic E-state index is 13.7. The lowest BCUT2D eigenvalue weighted by atomic mass is 9.82. The van der Waals surface area contributed by atoms with E-state index >= 15 is 0 Å². The van der Waals surface area contributed by atoms with E-state index in [0.29, 0.717) is 0 Å². The zero-order chi connectivity index (χ0) is 12.4. The minimum atomic E-state index is -1.09. The van der Waals surface area contributed by atoms with Gasteiger partial charge in [-0.1, -0.05) is 30.9 Å². The summed E-state index contributed by atoms with van der Waals surface area (Å²) in [6.45, 7) is 0. The second-order valence-corrected chi connectivity index (χ2v) is 5.01. The predicted molar refractivity (Wildman–Crippen MR) is 62.9 cm³/mol. The van der Waals surface area contributed by atoms with Crippen molar-refractivity contribution in [3.63, 3.8) is 0 Å². The molecule has 1 saturated carbocycles. The van der Waals surface area contributed by atoms with Gasteiger partial charge in [-0.05, 0) is 30.9 Å². The summed E-state index contributed by atoms with van der Waals surface area (Å²) in [5, 5.41) is 9.95. The Labute approximate surface area is 104 Å². The molecule has 1 aliphatic carbocycles. The van der Waals surface area contributed by atoms with Gasteiger partial charge in [0.25, 0.3) is 0 Å². The fraction of sp³-hybridized carbons (Fsp3) is 0.538. The monoisotopic (exact) mass is 260 g/mol. The first-order valence-electron chi connectivity index (χ1n) is 5.92. The van der Waals surface area contributed by atoms with Crippen molar-refractivity contribution in [1.82, 2.24) is 0 Å². The smallest absolute Gasteiger partial charge is 0.150 e. The normalized spacial score (nSPS) is 19.3. The number of rotatable bonds is 2. The summed E-state index contributed by atoms with van der Waals surface area (Å²) in [6.07, 6.45) is 3.67. The largest absolute Gasteiger partial charge is 0.388 e. The number of benzene rings is 1. The Morgan fingerprint density at radius 3 is 2.47 bits per heavy atom. The van der Waals surface area contributed by atoms with Gasteiger partial charge in [0, 0.05) is 0 Å². The van der Waals surface area contributed by atoms with Gasteiger partial charge in [0.1, 0.15) is 5.82 Å². The van der Waals surface area contributed by atoms with Crippen molar-refractivity contribution in [3.8, 4) is 0 Å². The molecule has 1 fully saturated rings. The highest BCUT2D eigenvalue weighted by Gasteiger charge is 2.28. The first kappa shape index (κ1) is 12.8. The summed E-state index contributed by atoms with van der Waals surface area (Å²) in [6, 6.07) is 2.27. The van der Waals surface area contributed by atoms with Gasteiger partial charge in [0.05, 0.1) is 16.7 Å². The van der Waals surface area contributed by atoms with E-state index in [-0.39, 0.29) is 16.5 Å². The first-order chi connectivity index (χ1) is 8.11. The summed E-state index contributed by atoms with van der Waals surface area (Å²) < 4.78 is 27.3. The van der Waals surface area contributed by atoms with Gasteiger partial charge in [-0.2, -0.15) is 0 Å². The number of hydrogen-bond acceptors (Lipinski definition) is 1. The summed E-state index contributed by atoms with van der Waals surface area (Å²) in [4.78, 5) is 0. The van der Waals surface area contributed by atoms with Gasteiger partial charge in [-0.25, -0.2) is 8.78 Å². The van der Waals surface area contributed by atoms with Crippen molar-refractivity contribution < 1.29 is 13.9 Å².